The average molecular weight is 556 g/mol. The van der Waals surface area contributed by atoms with Crippen LogP contribution in [0.15, 0.2) is 18.3 Å². The average Bonchev–Trinajstić information content (AvgIpc) is 3.71. The van der Waals surface area contributed by atoms with Crippen molar-refractivity contribution in [2.75, 3.05) is 31.0 Å². The minimum atomic E-state index is -6.04. The Morgan fingerprint density at radius 3 is 2.63 bits per heavy atom. The van der Waals surface area contributed by atoms with Gasteiger partial charge in [0.2, 0.25) is 5.95 Å². The molecule has 11 nitrogen and oxygen atoms in total. The molecule has 2 fully saturated rings. The minimum Gasteiger partial charge on any atom is -0.465 e. The highest BCUT2D eigenvalue weighted by Crippen LogP contribution is 2.48. The number of carbonyl (C=O) groups excluding carboxylic acids is 1. The number of methoxy groups -OCH3 is 1. The van der Waals surface area contributed by atoms with E-state index in [0.29, 0.717) is 43.9 Å². The SMILES string of the molecule is COC(=O)c1cc(Nc2ncc(C)c(N[C@H]3COCC[C@@H]3C#N)n2)cc(C2CC2)c1OS(=O)(=O)C(F)(F)F. The summed E-state index contributed by atoms with van der Waals surface area (Å²) in [5, 5.41) is 15.5. The number of esters is 1. The van der Waals surface area contributed by atoms with Crippen molar-refractivity contribution >= 4 is 33.5 Å². The number of nitriles is 1. The fraction of sp³-hybridized carbons (Fsp3) is 0.478. The molecule has 0 spiro atoms. The van der Waals surface area contributed by atoms with Gasteiger partial charge in [0.15, 0.2) is 5.75 Å². The van der Waals surface area contributed by atoms with Crippen LogP contribution in [0.1, 0.15) is 46.7 Å². The minimum absolute atomic E-state index is 0.0810. The fourth-order valence-corrected chi connectivity index (χ4v) is 4.42. The van der Waals surface area contributed by atoms with Gasteiger partial charge in [0, 0.05) is 29.6 Å². The first-order valence-electron chi connectivity index (χ1n) is 11.5. The van der Waals surface area contributed by atoms with Crippen molar-refractivity contribution < 1.29 is 40.0 Å². The van der Waals surface area contributed by atoms with Crippen molar-refractivity contribution in [2.45, 2.75) is 43.7 Å². The zero-order chi connectivity index (χ0) is 27.7. The summed E-state index contributed by atoms with van der Waals surface area (Å²) in [5.41, 5.74) is -5.20. The summed E-state index contributed by atoms with van der Waals surface area (Å²) < 4.78 is 77.2. The van der Waals surface area contributed by atoms with E-state index in [0.717, 1.165) is 13.2 Å². The number of benzene rings is 1. The molecule has 1 saturated heterocycles. The lowest BCUT2D eigenvalue weighted by Crippen LogP contribution is -2.38. The summed E-state index contributed by atoms with van der Waals surface area (Å²) in [6.45, 7) is 2.58. The third-order valence-electron chi connectivity index (χ3n) is 6.09. The zero-order valence-electron chi connectivity index (χ0n) is 20.3. The molecule has 204 valence electrons. The number of aromatic nitrogens is 2. The first kappa shape index (κ1) is 27.4. The molecule has 0 radical (unpaired) electrons. The summed E-state index contributed by atoms with van der Waals surface area (Å²) in [6, 6.07) is 4.46. The van der Waals surface area contributed by atoms with E-state index >= 15 is 0 Å². The van der Waals surface area contributed by atoms with Crippen LogP contribution in [0.2, 0.25) is 0 Å². The van der Waals surface area contributed by atoms with Gasteiger partial charge in [0.1, 0.15) is 11.4 Å². The maximum absolute atomic E-state index is 13.0. The highest BCUT2D eigenvalue weighted by molar-refractivity contribution is 7.88. The number of nitrogens with one attached hydrogen (secondary N) is 2. The summed E-state index contributed by atoms with van der Waals surface area (Å²) in [5.74, 6) is -1.89. The Bertz CT molecular complexity index is 1370. The van der Waals surface area contributed by atoms with Crippen LogP contribution >= 0.6 is 0 Å². The van der Waals surface area contributed by atoms with Crippen LogP contribution in [0.4, 0.5) is 30.6 Å². The molecule has 4 rings (SSSR count). The number of aryl methyl sites for hydroxylation is 1. The second-order valence-electron chi connectivity index (χ2n) is 8.89. The van der Waals surface area contributed by atoms with Gasteiger partial charge in [0.05, 0.1) is 31.7 Å². The smallest absolute Gasteiger partial charge is 0.465 e. The van der Waals surface area contributed by atoms with Crippen molar-refractivity contribution in [3.8, 4) is 11.8 Å². The monoisotopic (exact) mass is 555 g/mol. The first-order chi connectivity index (χ1) is 17.9. The molecular formula is C23H24F3N5O6S. The molecule has 0 bridgehead atoms. The summed E-state index contributed by atoms with van der Waals surface area (Å²) in [6.07, 6.45) is 3.22. The molecule has 15 heteroatoms. The maximum Gasteiger partial charge on any atom is 0.534 e. The lowest BCUT2D eigenvalue weighted by Gasteiger charge is -2.28. The lowest BCUT2D eigenvalue weighted by atomic mass is 9.96. The number of hydrogen-bond acceptors (Lipinski definition) is 11. The number of ether oxygens (including phenoxy) is 2. The fourth-order valence-electron chi connectivity index (χ4n) is 3.92. The highest BCUT2D eigenvalue weighted by atomic mass is 32.2. The number of rotatable bonds is 8. The Hall–Kier alpha value is -3.64. The van der Waals surface area contributed by atoms with Crippen LogP contribution in [0.3, 0.4) is 0 Å². The molecule has 2 aliphatic rings. The second kappa shape index (κ2) is 10.6. The third-order valence-corrected chi connectivity index (χ3v) is 7.04. The van der Waals surface area contributed by atoms with Gasteiger partial charge in [-0.3, -0.25) is 0 Å². The number of halogens is 3. The summed E-state index contributed by atoms with van der Waals surface area (Å²) >= 11 is 0. The highest BCUT2D eigenvalue weighted by Gasteiger charge is 2.49. The van der Waals surface area contributed by atoms with Gasteiger partial charge >= 0.3 is 21.6 Å². The van der Waals surface area contributed by atoms with Crippen molar-refractivity contribution in [3.05, 3.63) is 35.0 Å². The van der Waals surface area contributed by atoms with E-state index in [-0.39, 0.29) is 35.1 Å². The van der Waals surface area contributed by atoms with Gasteiger partial charge in [0.25, 0.3) is 0 Å². The van der Waals surface area contributed by atoms with Crippen LogP contribution in [0, 0.1) is 24.2 Å². The van der Waals surface area contributed by atoms with Crippen LogP contribution in [-0.2, 0) is 19.6 Å². The number of hydrogen-bond donors (Lipinski definition) is 2. The largest absolute Gasteiger partial charge is 0.534 e. The zero-order valence-corrected chi connectivity index (χ0v) is 21.1. The van der Waals surface area contributed by atoms with E-state index in [9.17, 15) is 31.6 Å². The van der Waals surface area contributed by atoms with E-state index in [2.05, 4.69) is 35.6 Å². The quantitative estimate of drug-likeness (QED) is 0.278. The molecule has 38 heavy (non-hydrogen) atoms. The summed E-state index contributed by atoms with van der Waals surface area (Å²) in [7, 11) is -5.03. The van der Waals surface area contributed by atoms with Gasteiger partial charge < -0.3 is 24.3 Å². The molecule has 2 aromatic rings. The maximum atomic E-state index is 13.0. The number of alkyl halides is 3. The van der Waals surface area contributed by atoms with E-state index < -0.39 is 32.9 Å². The molecule has 0 amide bonds. The topological polar surface area (TPSA) is 153 Å². The second-order valence-corrected chi connectivity index (χ2v) is 10.4. The third kappa shape index (κ3) is 5.91. The molecule has 1 aliphatic carbocycles. The Labute approximate surface area is 216 Å². The van der Waals surface area contributed by atoms with Crippen molar-refractivity contribution in [1.82, 2.24) is 9.97 Å². The Morgan fingerprint density at radius 1 is 1.26 bits per heavy atom. The molecule has 1 aromatic carbocycles. The Kier molecular flexibility index (Phi) is 7.65. The number of carbonyl (C=O) groups is 1. The molecule has 1 aromatic heterocycles. The van der Waals surface area contributed by atoms with Gasteiger partial charge in [-0.25, -0.2) is 9.78 Å². The predicted molar refractivity (Wildman–Crippen MR) is 127 cm³/mol. The molecule has 2 N–H and O–H groups in total. The lowest BCUT2D eigenvalue weighted by molar-refractivity contribution is -0.0500. The van der Waals surface area contributed by atoms with Crippen molar-refractivity contribution in [2.24, 2.45) is 5.92 Å². The number of anilines is 3. The van der Waals surface area contributed by atoms with Gasteiger partial charge in [-0.05, 0) is 44.2 Å². The normalized spacial score (nSPS) is 19.8. The first-order valence-corrected chi connectivity index (χ1v) is 13.0. The van der Waals surface area contributed by atoms with E-state index in [1.165, 1.54) is 12.3 Å². The summed E-state index contributed by atoms with van der Waals surface area (Å²) in [4.78, 5) is 21.1. The van der Waals surface area contributed by atoms with E-state index in [1.807, 2.05) is 0 Å². The molecule has 1 saturated carbocycles. The van der Waals surface area contributed by atoms with Gasteiger partial charge in [-0.2, -0.15) is 31.8 Å². The van der Waals surface area contributed by atoms with E-state index in [1.54, 1.807) is 6.92 Å². The van der Waals surface area contributed by atoms with Crippen LogP contribution in [0.5, 0.6) is 5.75 Å². The number of nitrogens with zero attached hydrogens (tertiary/aromatic N) is 3. The Morgan fingerprint density at radius 2 is 2.00 bits per heavy atom. The predicted octanol–water partition coefficient (Wildman–Crippen LogP) is 3.76. The molecule has 0 unspecified atom stereocenters. The van der Waals surface area contributed by atoms with E-state index in [4.69, 9.17) is 4.74 Å². The van der Waals surface area contributed by atoms with Crippen LogP contribution in [0.25, 0.3) is 0 Å². The van der Waals surface area contributed by atoms with Crippen LogP contribution < -0.4 is 14.8 Å². The van der Waals surface area contributed by atoms with Gasteiger partial charge in [-0.1, -0.05) is 0 Å². The standard InChI is InChI=1S/C23H24F3N5O6S/c1-12-10-28-22(31-20(12)30-18-11-36-6-5-14(18)9-27)29-15-7-16(13-3-4-13)19(17(8-15)21(32)35-2)37-38(33,34)23(24,25)26/h7-8,10,13-14,18H,3-6,11H2,1-2H3,(H2,28,29,30,31)/t14-,18+/m1/s1. The van der Waals surface area contributed by atoms with Crippen molar-refractivity contribution in [3.63, 3.8) is 0 Å². The van der Waals surface area contributed by atoms with Crippen molar-refractivity contribution in [1.29, 1.82) is 5.26 Å². The van der Waals surface area contributed by atoms with Gasteiger partial charge in [-0.15, -0.1) is 0 Å². The molecule has 2 heterocycles. The molecule has 1 aliphatic heterocycles. The Balaban J connectivity index is 1.68. The molecular weight excluding hydrogens is 531 g/mol. The van der Waals surface area contributed by atoms with Crippen LogP contribution in [-0.4, -0.2) is 56.2 Å². The molecule has 2 atom stereocenters.